The van der Waals surface area contributed by atoms with Crippen LogP contribution < -0.4 is 9.47 Å². The molecule has 2 aromatic carbocycles. The molecule has 0 aliphatic heterocycles. The van der Waals surface area contributed by atoms with Gasteiger partial charge in [-0.25, -0.2) is 4.79 Å². The van der Waals surface area contributed by atoms with Crippen LogP contribution in [-0.4, -0.2) is 28.1 Å². The maximum Gasteiger partial charge on any atom is 0.573 e. The second-order valence-electron chi connectivity index (χ2n) is 6.77. The van der Waals surface area contributed by atoms with E-state index in [1.54, 1.807) is 24.3 Å². The Bertz CT molecular complexity index is 1060. The molecule has 0 spiro atoms. The Balaban J connectivity index is 1.96. The fourth-order valence-corrected chi connectivity index (χ4v) is 3.24. The molecule has 1 atom stereocenters. The first-order valence-corrected chi connectivity index (χ1v) is 8.87. The number of ether oxygens (including phenoxy) is 2. The van der Waals surface area contributed by atoms with Crippen LogP contribution in [0.4, 0.5) is 13.2 Å². The molecule has 1 aromatic heterocycles. The van der Waals surface area contributed by atoms with E-state index in [-0.39, 0.29) is 5.75 Å². The largest absolute Gasteiger partial charge is 0.573 e. The number of nitrogens with zero attached hydrogens (tertiary/aromatic N) is 1. The number of carboxylic acid groups (broad SMARTS) is 1. The molecule has 0 saturated carbocycles. The Labute approximate surface area is 165 Å². The number of hydrogen-bond donors (Lipinski definition) is 1. The number of aromatic nitrogens is 1. The zero-order valence-electron chi connectivity index (χ0n) is 16.1. The van der Waals surface area contributed by atoms with Crippen molar-refractivity contribution < 1.29 is 32.5 Å². The molecule has 0 saturated heterocycles. The van der Waals surface area contributed by atoms with Gasteiger partial charge in [0.15, 0.2) is 6.10 Å². The van der Waals surface area contributed by atoms with Crippen molar-refractivity contribution in [3.63, 3.8) is 0 Å². The summed E-state index contributed by atoms with van der Waals surface area (Å²) in [6.45, 7) is 3.33. The Kier molecular flexibility index (Phi) is 5.46. The number of rotatable bonds is 6. The zero-order chi connectivity index (χ0) is 21.3. The van der Waals surface area contributed by atoms with E-state index in [9.17, 15) is 18.0 Å². The van der Waals surface area contributed by atoms with E-state index in [0.717, 1.165) is 22.3 Å². The molecular weight excluding hydrogens is 387 g/mol. The predicted octanol–water partition coefficient (Wildman–Crippen LogP) is 4.83. The SMILES string of the molecule is Cc1c(Cc2cccc(O[C@@H](C)C(=O)O)c2)c2cc(OC(F)(F)F)ccc2n1C. The predicted molar refractivity (Wildman–Crippen MR) is 101 cm³/mol. The van der Waals surface area contributed by atoms with Crippen LogP contribution in [0.3, 0.4) is 0 Å². The summed E-state index contributed by atoms with van der Waals surface area (Å²) in [6, 6.07) is 11.3. The second-order valence-corrected chi connectivity index (χ2v) is 6.77. The Morgan fingerprint density at radius 3 is 2.55 bits per heavy atom. The molecule has 154 valence electrons. The molecular formula is C21H20F3NO4. The van der Waals surface area contributed by atoms with Gasteiger partial charge >= 0.3 is 12.3 Å². The summed E-state index contributed by atoms with van der Waals surface area (Å²) >= 11 is 0. The number of benzene rings is 2. The minimum Gasteiger partial charge on any atom is -0.479 e. The zero-order valence-corrected chi connectivity index (χ0v) is 16.1. The number of carboxylic acids is 1. The Hall–Kier alpha value is -3.16. The summed E-state index contributed by atoms with van der Waals surface area (Å²) in [7, 11) is 1.85. The van der Waals surface area contributed by atoms with Crippen LogP contribution in [-0.2, 0) is 18.3 Å². The Morgan fingerprint density at radius 1 is 1.17 bits per heavy atom. The van der Waals surface area contributed by atoms with Crippen LogP contribution in [0.15, 0.2) is 42.5 Å². The van der Waals surface area contributed by atoms with Crippen molar-refractivity contribution in [3.05, 3.63) is 59.3 Å². The number of alkyl halides is 3. The number of fused-ring (bicyclic) bond motifs is 1. The van der Waals surface area contributed by atoms with Gasteiger partial charge in [0.25, 0.3) is 0 Å². The number of aliphatic carboxylic acids is 1. The third kappa shape index (κ3) is 4.64. The van der Waals surface area contributed by atoms with Gasteiger partial charge in [0.2, 0.25) is 0 Å². The van der Waals surface area contributed by atoms with Gasteiger partial charge in [-0.3, -0.25) is 0 Å². The van der Waals surface area contributed by atoms with Crippen molar-refractivity contribution in [3.8, 4) is 11.5 Å². The van der Waals surface area contributed by atoms with Crippen LogP contribution in [0.5, 0.6) is 11.5 Å². The maximum atomic E-state index is 12.6. The summed E-state index contributed by atoms with van der Waals surface area (Å²) < 4.78 is 49.2. The summed E-state index contributed by atoms with van der Waals surface area (Å²) in [6.07, 6.45) is -5.31. The third-order valence-electron chi connectivity index (χ3n) is 4.77. The molecule has 3 rings (SSSR count). The van der Waals surface area contributed by atoms with Crippen molar-refractivity contribution in [2.45, 2.75) is 32.7 Å². The molecule has 0 aliphatic rings. The van der Waals surface area contributed by atoms with E-state index in [1.807, 2.05) is 24.6 Å². The first kappa shape index (κ1) is 20.6. The lowest BCUT2D eigenvalue weighted by Crippen LogP contribution is -2.22. The van der Waals surface area contributed by atoms with Gasteiger partial charge in [0.05, 0.1) is 0 Å². The number of halogens is 3. The molecule has 29 heavy (non-hydrogen) atoms. The molecule has 0 fully saturated rings. The lowest BCUT2D eigenvalue weighted by atomic mass is 10.0. The molecule has 8 heteroatoms. The van der Waals surface area contributed by atoms with E-state index in [0.29, 0.717) is 17.6 Å². The van der Waals surface area contributed by atoms with Gasteiger partial charge in [-0.15, -0.1) is 13.2 Å². The van der Waals surface area contributed by atoms with Crippen LogP contribution in [0, 0.1) is 6.92 Å². The summed E-state index contributed by atoms with van der Waals surface area (Å²) in [5.41, 5.74) is 3.41. The van der Waals surface area contributed by atoms with Crippen LogP contribution in [0.25, 0.3) is 10.9 Å². The highest BCUT2D eigenvalue weighted by Gasteiger charge is 2.31. The first-order chi connectivity index (χ1) is 13.5. The minimum atomic E-state index is -4.76. The molecule has 1 N–H and O–H groups in total. The summed E-state index contributed by atoms with van der Waals surface area (Å²) in [5, 5.41) is 9.66. The van der Waals surface area contributed by atoms with Gasteiger partial charge < -0.3 is 19.1 Å². The quantitative estimate of drug-likeness (QED) is 0.636. The van der Waals surface area contributed by atoms with Crippen molar-refractivity contribution >= 4 is 16.9 Å². The van der Waals surface area contributed by atoms with Crippen molar-refractivity contribution in [1.82, 2.24) is 4.57 Å². The minimum absolute atomic E-state index is 0.274. The number of hydrogen-bond acceptors (Lipinski definition) is 3. The molecule has 0 aliphatic carbocycles. The maximum absolute atomic E-state index is 12.6. The number of aryl methyl sites for hydroxylation is 1. The van der Waals surface area contributed by atoms with Crippen molar-refractivity contribution in [2.75, 3.05) is 0 Å². The lowest BCUT2D eigenvalue weighted by molar-refractivity contribution is -0.274. The molecule has 0 bridgehead atoms. The van der Waals surface area contributed by atoms with E-state index >= 15 is 0 Å². The summed E-state index contributed by atoms with van der Waals surface area (Å²) in [5.74, 6) is -0.932. The molecule has 1 heterocycles. The van der Waals surface area contributed by atoms with E-state index < -0.39 is 18.4 Å². The van der Waals surface area contributed by atoms with Gasteiger partial charge in [-0.1, -0.05) is 12.1 Å². The highest BCUT2D eigenvalue weighted by molar-refractivity contribution is 5.87. The highest BCUT2D eigenvalue weighted by Crippen LogP contribution is 2.32. The van der Waals surface area contributed by atoms with E-state index in [2.05, 4.69) is 4.74 Å². The molecule has 0 radical (unpaired) electrons. The first-order valence-electron chi connectivity index (χ1n) is 8.87. The fraction of sp³-hybridized carbons (Fsp3) is 0.286. The van der Waals surface area contributed by atoms with Crippen molar-refractivity contribution in [1.29, 1.82) is 0 Å². The standard InChI is InChI=1S/C21H20F3NO4/c1-12-17(10-14-5-4-6-15(9-14)28-13(2)20(26)27)18-11-16(29-21(22,23)24)7-8-19(18)25(12)3/h4-9,11,13H,10H2,1-3H3,(H,26,27)/t13-/m0/s1. The van der Waals surface area contributed by atoms with Crippen LogP contribution >= 0.6 is 0 Å². The Morgan fingerprint density at radius 2 is 1.90 bits per heavy atom. The summed E-state index contributed by atoms with van der Waals surface area (Å²) in [4.78, 5) is 11.0. The van der Waals surface area contributed by atoms with Gasteiger partial charge in [-0.2, -0.15) is 0 Å². The third-order valence-corrected chi connectivity index (χ3v) is 4.77. The van der Waals surface area contributed by atoms with E-state index in [4.69, 9.17) is 9.84 Å². The highest BCUT2D eigenvalue weighted by atomic mass is 19.4. The monoisotopic (exact) mass is 407 g/mol. The van der Waals surface area contributed by atoms with Crippen LogP contribution in [0.1, 0.15) is 23.7 Å². The smallest absolute Gasteiger partial charge is 0.479 e. The van der Waals surface area contributed by atoms with E-state index in [1.165, 1.54) is 19.1 Å². The topological polar surface area (TPSA) is 60.7 Å². The molecule has 0 amide bonds. The van der Waals surface area contributed by atoms with Crippen LogP contribution in [0.2, 0.25) is 0 Å². The van der Waals surface area contributed by atoms with Gasteiger partial charge in [-0.05, 0) is 61.7 Å². The van der Waals surface area contributed by atoms with Gasteiger partial charge in [0.1, 0.15) is 11.5 Å². The number of carbonyl (C=O) groups is 1. The van der Waals surface area contributed by atoms with Gasteiger partial charge in [0, 0.05) is 23.6 Å². The average Bonchev–Trinajstić information content (AvgIpc) is 2.85. The fourth-order valence-electron chi connectivity index (χ4n) is 3.24. The lowest BCUT2D eigenvalue weighted by Gasteiger charge is -2.12. The average molecular weight is 407 g/mol. The normalized spacial score (nSPS) is 12.8. The van der Waals surface area contributed by atoms with Crippen molar-refractivity contribution in [2.24, 2.45) is 7.05 Å². The molecule has 3 aromatic rings. The second kappa shape index (κ2) is 7.69. The molecule has 0 unspecified atom stereocenters. The molecule has 5 nitrogen and oxygen atoms in total.